The first kappa shape index (κ1) is 11.2. The summed E-state index contributed by atoms with van der Waals surface area (Å²) in [7, 11) is 0. The lowest BCUT2D eigenvalue weighted by atomic mass is 10.0. The van der Waals surface area contributed by atoms with Gasteiger partial charge in [0.05, 0.1) is 0 Å². The zero-order valence-electron chi connectivity index (χ0n) is 8.78. The molecule has 0 saturated carbocycles. The average Bonchev–Trinajstić information content (AvgIpc) is 2.12. The first-order valence-corrected chi connectivity index (χ1v) is 4.65. The molecule has 68 valence electrons. The van der Waals surface area contributed by atoms with Crippen LogP contribution in [0, 0.1) is 0 Å². The van der Waals surface area contributed by atoms with Gasteiger partial charge in [0.2, 0.25) is 0 Å². The SMILES string of the molecule is C=C/C(C)=C(/C)C=C(CC)CC. The molecule has 0 aromatic carbocycles. The lowest BCUT2D eigenvalue weighted by Crippen LogP contribution is -1.81. The maximum Gasteiger partial charge on any atom is -0.0346 e. The predicted octanol–water partition coefficient (Wildman–Crippen LogP) is 4.26. The van der Waals surface area contributed by atoms with E-state index in [1.54, 1.807) is 0 Å². The van der Waals surface area contributed by atoms with Crippen molar-refractivity contribution in [3.05, 3.63) is 35.5 Å². The Hall–Kier alpha value is -0.780. The van der Waals surface area contributed by atoms with E-state index in [4.69, 9.17) is 0 Å². The fraction of sp³-hybridized carbons (Fsp3) is 0.500. The average molecular weight is 164 g/mol. The Morgan fingerprint density at radius 3 is 1.92 bits per heavy atom. The Morgan fingerprint density at radius 2 is 1.58 bits per heavy atom. The second kappa shape index (κ2) is 5.82. The van der Waals surface area contributed by atoms with Crippen LogP contribution in [-0.2, 0) is 0 Å². The minimum absolute atomic E-state index is 1.15. The van der Waals surface area contributed by atoms with E-state index in [0.717, 1.165) is 12.8 Å². The summed E-state index contributed by atoms with van der Waals surface area (Å²) in [5, 5.41) is 0. The third kappa shape index (κ3) is 3.56. The lowest BCUT2D eigenvalue weighted by Gasteiger charge is -2.02. The molecule has 0 saturated heterocycles. The summed E-state index contributed by atoms with van der Waals surface area (Å²) < 4.78 is 0. The van der Waals surface area contributed by atoms with Gasteiger partial charge in [-0.3, -0.25) is 0 Å². The Bertz CT molecular complexity index is 198. The molecule has 12 heavy (non-hydrogen) atoms. The summed E-state index contributed by atoms with van der Waals surface area (Å²) in [5.41, 5.74) is 4.12. The summed E-state index contributed by atoms with van der Waals surface area (Å²) in [6, 6.07) is 0. The van der Waals surface area contributed by atoms with Gasteiger partial charge in [0.15, 0.2) is 0 Å². The van der Waals surface area contributed by atoms with Crippen LogP contribution in [-0.4, -0.2) is 0 Å². The summed E-state index contributed by atoms with van der Waals surface area (Å²) >= 11 is 0. The van der Waals surface area contributed by atoms with E-state index in [1.807, 2.05) is 6.08 Å². The standard InChI is InChI=1S/C12H20/c1-6-10(4)11(5)9-12(7-2)8-3/h6,9H,1,7-8H2,2-5H3/b11-10-. The summed E-state index contributed by atoms with van der Waals surface area (Å²) in [6.07, 6.45) is 6.49. The third-order valence-corrected chi connectivity index (χ3v) is 2.26. The predicted molar refractivity (Wildman–Crippen MR) is 57.2 cm³/mol. The quantitative estimate of drug-likeness (QED) is 0.545. The van der Waals surface area contributed by atoms with E-state index in [-0.39, 0.29) is 0 Å². The molecule has 0 atom stereocenters. The first-order valence-electron chi connectivity index (χ1n) is 4.65. The van der Waals surface area contributed by atoms with Crippen LogP contribution in [0.15, 0.2) is 35.5 Å². The molecule has 0 rings (SSSR count). The van der Waals surface area contributed by atoms with Crippen LogP contribution in [0.4, 0.5) is 0 Å². The van der Waals surface area contributed by atoms with Gasteiger partial charge in [-0.05, 0) is 37.8 Å². The van der Waals surface area contributed by atoms with Gasteiger partial charge in [-0.15, -0.1) is 0 Å². The van der Waals surface area contributed by atoms with E-state index in [1.165, 1.54) is 16.7 Å². The molecule has 0 N–H and O–H groups in total. The largest absolute Gasteiger partial charge is 0.0988 e. The van der Waals surface area contributed by atoms with E-state index in [9.17, 15) is 0 Å². The van der Waals surface area contributed by atoms with Crippen molar-refractivity contribution in [1.29, 1.82) is 0 Å². The van der Waals surface area contributed by atoms with Gasteiger partial charge in [-0.25, -0.2) is 0 Å². The smallest absolute Gasteiger partial charge is 0.0346 e. The van der Waals surface area contributed by atoms with Crippen molar-refractivity contribution in [3.8, 4) is 0 Å². The molecule has 0 unspecified atom stereocenters. The molecular weight excluding hydrogens is 144 g/mol. The van der Waals surface area contributed by atoms with E-state index >= 15 is 0 Å². The molecular formula is C12H20. The fourth-order valence-electron chi connectivity index (χ4n) is 1.04. The molecule has 0 amide bonds. The second-order valence-electron chi connectivity index (χ2n) is 3.08. The molecule has 0 aliphatic heterocycles. The van der Waals surface area contributed by atoms with Crippen LogP contribution >= 0.6 is 0 Å². The Labute approximate surface area is 76.7 Å². The molecule has 0 aliphatic carbocycles. The van der Waals surface area contributed by atoms with Gasteiger partial charge in [0.25, 0.3) is 0 Å². The van der Waals surface area contributed by atoms with Gasteiger partial charge in [-0.2, -0.15) is 0 Å². The van der Waals surface area contributed by atoms with Gasteiger partial charge in [-0.1, -0.05) is 38.2 Å². The maximum absolute atomic E-state index is 3.75. The highest BCUT2D eigenvalue weighted by molar-refractivity contribution is 5.31. The number of hydrogen-bond acceptors (Lipinski definition) is 0. The highest BCUT2D eigenvalue weighted by Crippen LogP contribution is 2.13. The highest BCUT2D eigenvalue weighted by atomic mass is 14.0. The normalized spacial score (nSPS) is 12.0. The van der Waals surface area contributed by atoms with Crippen LogP contribution in [0.5, 0.6) is 0 Å². The second-order valence-corrected chi connectivity index (χ2v) is 3.08. The van der Waals surface area contributed by atoms with Gasteiger partial charge in [0, 0.05) is 0 Å². The van der Waals surface area contributed by atoms with Crippen molar-refractivity contribution in [2.75, 3.05) is 0 Å². The minimum atomic E-state index is 1.15. The van der Waals surface area contributed by atoms with Gasteiger partial charge >= 0.3 is 0 Å². The van der Waals surface area contributed by atoms with Gasteiger partial charge in [0.1, 0.15) is 0 Å². The summed E-state index contributed by atoms with van der Waals surface area (Å²) in [6.45, 7) is 12.4. The van der Waals surface area contributed by atoms with E-state index in [2.05, 4.69) is 40.3 Å². The van der Waals surface area contributed by atoms with Crippen LogP contribution in [0.1, 0.15) is 40.5 Å². The molecule has 0 bridgehead atoms. The Morgan fingerprint density at radius 1 is 1.08 bits per heavy atom. The highest BCUT2D eigenvalue weighted by Gasteiger charge is 1.92. The minimum Gasteiger partial charge on any atom is -0.0988 e. The number of rotatable bonds is 4. The van der Waals surface area contributed by atoms with Crippen LogP contribution < -0.4 is 0 Å². The monoisotopic (exact) mass is 164 g/mol. The molecule has 0 heteroatoms. The van der Waals surface area contributed by atoms with E-state index in [0.29, 0.717) is 0 Å². The van der Waals surface area contributed by atoms with Crippen LogP contribution in [0.3, 0.4) is 0 Å². The molecule has 0 radical (unpaired) electrons. The van der Waals surface area contributed by atoms with Crippen molar-refractivity contribution < 1.29 is 0 Å². The van der Waals surface area contributed by atoms with Crippen molar-refractivity contribution in [1.82, 2.24) is 0 Å². The molecule has 0 nitrogen and oxygen atoms in total. The van der Waals surface area contributed by atoms with Crippen molar-refractivity contribution in [2.45, 2.75) is 40.5 Å². The Balaban J connectivity index is 4.60. The first-order chi connectivity index (χ1) is 5.65. The number of hydrogen-bond donors (Lipinski definition) is 0. The zero-order chi connectivity index (χ0) is 9.56. The summed E-state index contributed by atoms with van der Waals surface area (Å²) in [4.78, 5) is 0. The maximum atomic E-state index is 3.75. The molecule has 0 spiro atoms. The third-order valence-electron chi connectivity index (χ3n) is 2.26. The fourth-order valence-corrected chi connectivity index (χ4v) is 1.04. The van der Waals surface area contributed by atoms with Crippen molar-refractivity contribution in [3.63, 3.8) is 0 Å². The summed E-state index contributed by atoms with van der Waals surface area (Å²) in [5.74, 6) is 0. The molecule has 0 aromatic rings. The van der Waals surface area contributed by atoms with Gasteiger partial charge < -0.3 is 0 Å². The molecule has 0 aliphatic rings. The molecule has 0 heterocycles. The molecule has 0 aromatic heterocycles. The van der Waals surface area contributed by atoms with Crippen molar-refractivity contribution >= 4 is 0 Å². The van der Waals surface area contributed by atoms with Crippen LogP contribution in [0.2, 0.25) is 0 Å². The lowest BCUT2D eigenvalue weighted by molar-refractivity contribution is 0.973. The number of allylic oxidation sites excluding steroid dienone is 5. The Kier molecular flexibility index (Phi) is 5.44. The topological polar surface area (TPSA) is 0 Å². The zero-order valence-corrected chi connectivity index (χ0v) is 8.78. The van der Waals surface area contributed by atoms with Crippen LogP contribution in [0.25, 0.3) is 0 Å². The molecule has 0 fully saturated rings. The van der Waals surface area contributed by atoms with Crippen molar-refractivity contribution in [2.24, 2.45) is 0 Å². The van der Waals surface area contributed by atoms with E-state index < -0.39 is 0 Å².